The SMILES string of the molecule is CS(=O)c1nc(NC2CCC(c3ccccc3)C(C(N)=O)C2)ncc1Cl. The zero-order chi connectivity index (χ0) is 18.7. The Morgan fingerprint density at radius 1 is 1.31 bits per heavy atom. The number of halogens is 1. The van der Waals surface area contributed by atoms with Gasteiger partial charge in [0.2, 0.25) is 11.9 Å². The maximum atomic E-state index is 12.0. The number of amides is 1. The highest BCUT2D eigenvalue weighted by Gasteiger charge is 2.35. The van der Waals surface area contributed by atoms with Crippen LogP contribution in [-0.4, -0.2) is 32.4 Å². The lowest BCUT2D eigenvalue weighted by Crippen LogP contribution is -2.39. The average molecular weight is 393 g/mol. The molecule has 4 atom stereocenters. The molecule has 1 aromatic heterocycles. The smallest absolute Gasteiger partial charge is 0.224 e. The molecule has 0 aliphatic heterocycles. The summed E-state index contributed by atoms with van der Waals surface area (Å²) >= 11 is 5.98. The van der Waals surface area contributed by atoms with E-state index in [2.05, 4.69) is 15.3 Å². The standard InChI is InChI=1S/C18H21ClN4O2S/c1-26(25)17-15(19)10-21-18(23-17)22-12-7-8-13(14(9-12)16(20)24)11-5-3-2-4-6-11/h2-6,10,12-14H,7-9H2,1H3,(H2,20,24)(H,21,22,23). The number of benzene rings is 1. The highest BCUT2D eigenvalue weighted by atomic mass is 35.5. The summed E-state index contributed by atoms with van der Waals surface area (Å²) in [6, 6.07) is 10.0. The van der Waals surface area contributed by atoms with Gasteiger partial charge in [0.15, 0.2) is 5.03 Å². The van der Waals surface area contributed by atoms with Crippen LogP contribution in [0.5, 0.6) is 0 Å². The first kappa shape index (κ1) is 18.8. The van der Waals surface area contributed by atoms with Crippen LogP contribution in [0.2, 0.25) is 5.02 Å². The number of hydrogen-bond acceptors (Lipinski definition) is 5. The minimum Gasteiger partial charge on any atom is -0.369 e. The number of nitrogens with one attached hydrogen (secondary N) is 1. The summed E-state index contributed by atoms with van der Waals surface area (Å²) in [5.74, 6) is -0.0592. The van der Waals surface area contributed by atoms with Crippen LogP contribution in [0.25, 0.3) is 0 Å². The second-order valence-corrected chi connectivity index (χ2v) is 8.18. The zero-order valence-electron chi connectivity index (χ0n) is 14.4. The third-order valence-corrected chi connectivity index (χ3v) is 6.01. The Hall–Kier alpha value is -1.99. The van der Waals surface area contributed by atoms with Crippen molar-refractivity contribution < 1.29 is 9.00 Å². The summed E-state index contributed by atoms with van der Waals surface area (Å²) in [7, 11) is -1.30. The van der Waals surface area contributed by atoms with Crippen LogP contribution in [0.4, 0.5) is 5.95 Å². The second-order valence-electron chi connectivity index (χ2n) is 6.48. The van der Waals surface area contributed by atoms with E-state index in [0.29, 0.717) is 17.4 Å². The third kappa shape index (κ3) is 4.22. The van der Waals surface area contributed by atoms with E-state index in [0.717, 1.165) is 18.4 Å². The number of carbonyl (C=O) groups excluding carboxylic acids is 1. The van der Waals surface area contributed by atoms with E-state index in [4.69, 9.17) is 17.3 Å². The van der Waals surface area contributed by atoms with Crippen molar-refractivity contribution in [2.24, 2.45) is 11.7 Å². The summed E-state index contributed by atoms with van der Waals surface area (Å²) in [5, 5.41) is 3.81. The van der Waals surface area contributed by atoms with E-state index in [1.165, 1.54) is 12.5 Å². The van der Waals surface area contributed by atoms with E-state index in [-0.39, 0.29) is 28.8 Å². The zero-order valence-corrected chi connectivity index (χ0v) is 16.0. The van der Waals surface area contributed by atoms with E-state index in [1.807, 2.05) is 30.3 Å². The molecule has 1 aliphatic rings. The Labute approximate surface area is 160 Å². The number of nitrogens with zero attached hydrogens (tertiary/aromatic N) is 2. The molecule has 0 spiro atoms. The normalized spacial score (nSPS) is 24.0. The molecule has 8 heteroatoms. The maximum absolute atomic E-state index is 12.0. The van der Waals surface area contributed by atoms with Gasteiger partial charge in [0.1, 0.15) is 0 Å². The van der Waals surface area contributed by atoms with Crippen LogP contribution in [0, 0.1) is 5.92 Å². The van der Waals surface area contributed by atoms with Gasteiger partial charge >= 0.3 is 0 Å². The van der Waals surface area contributed by atoms with Crippen LogP contribution >= 0.6 is 11.6 Å². The average Bonchev–Trinajstić information content (AvgIpc) is 2.63. The van der Waals surface area contributed by atoms with Crippen LogP contribution in [0.15, 0.2) is 41.6 Å². The number of nitrogens with two attached hydrogens (primary N) is 1. The fourth-order valence-corrected chi connectivity index (χ4v) is 4.48. The van der Waals surface area contributed by atoms with Gasteiger partial charge < -0.3 is 11.1 Å². The van der Waals surface area contributed by atoms with E-state index in [1.54, 1.807) is 0 Å². The number of carbonyl (C=O) groups is 1. The van der Waals surface area contributed by atoms with Crippen LogP contribution in [0.1, 0.15) is 30.7 Å². The number of rotatable bonds is 5. The summed E-state index contributed by atoms with van der Waals surface area (Å²) in [5.41, 5.74) is 6.82. The quantitative estimate of drug-likeness (QED) is 0.762. The highest BCUT2D eigenvalue weighted by molar-refractivity contribution is 7.84. The van der Waals surface area contributed by atoms with Crippen molar-refractivity contribution in [3.63, 3.8) is 0 Å². The molecule has 3 N–H and O–H groups in total. The summed E-state index contributed by atoms with van der Waals surface area (Å²) in [6.45, 7) is 0. The van der Waals surface area contributed by atoms with Gasteiger partial charge in [-0.2, -0.15) is 0 Å². The molecule has 0 bridgehead atoms. The van der Waals surface area contributed by atoms with Gasteiger partial charge in [0.05, 0.1) is 22.0 Å². The van der Waals surface area contributed by atoms with Gasteiger partial charge in [0, 0.05) is 18.2 Å². The fraction of sp³-hybridized carbons (Fsp3) is 0.389. The van der Waals surface area contributed by atoms with Crippen molar-refractivity contribution in [1.29, 1.82) is 0 Å². The van der Waals surface area contributed by atoms with Crippen molar-refractivity contribution in [2.45, 2.75) is 36.2 Å². The first-order valence-corrected chi connectivity index (χ1v) is 10.4. The molecular formula is C18H21ClN4O2S. The second kappa shape index (κ2) is 8.14. The third-order valence-electron chi connectivity index (χ3n) is 4.76. The molecule has 2 aromatic rings. The minimum absolute atomic E-state index is 0.0202. The Bertz CT molecular complexity index is 818. The van der Waals surface area contributed by atoms with Gasteiger partial charge in [-0.25, -0.2) is 9.97 Å². The minimum atomic E-state index is -1.30. The molecule has 1 fully saturated rings. The summed E-state index contributed by atoms with van der Waals surface area (Å²) in [6.07, 6.45) is 5.27. The number of primary amides is 1. The van der Waals surface area contributed by atoms with E-state index >= 15 is 0 Å². The van der Waals surface area contributed by atoms with Gasteiger partial charge in [-0.05, 0) is 30.7 Å². The van der Waals surface area contributed by atoms with E-state index < -0.39 is 10.8 Å². The number of anilines is 1. The Balaban J connectivity index is 1.75. The van der Waals surface area contributed by atoms with Crippen molar-refractivity contribution >= 4 is 34.3 Å². The van der Waals surface area contributed by atoms with Crippen molar-refractivity contribution in [3.8, 4) is 0 Å². The Morgan fingerprint density at radius 2 is 2.04 bits per heavy atom. The van der Waals surface area contributed by atoms with Crippen LogP contribution in [0.3, 0.4) is 0 Å². The molecule has 4 unspecified atom stereocenters. The molecule has 1 aliphatic carbocycles. The fourth-order valence-electron chi connectivity index (χ4n) is 3.52. The topological polar surface area (TPSA) is 98.0 Å². The Morgan fingerprint density at radius 3 is 2.69 bits per heavy atom. The molecule has 0 radical (unpaired) electrons. The first-order valence-electron chi connectivity index (χ1n) is 8.42. The van der Waals surface area contributed by atoms with Crippen molar-refractivity contribution in [1.82, 2.24) is 9.97 Å². The summed E-state index contributed by atoms with van der Waals surface area (Å²) in [4.78, 5) is 20.4. The monoisotopic (exact) mass is 392 g/mol. The molecule has 1 aromatic carbocycles. The van der Waals surface area contributed by atoms with Gasteiger partial charge in [0.25, 0.3) is 0 Å². The lowest BCUT2D eigenvalue weighted by molar-refractivity contribution is -0.123. The summed E-state index contributed by atoms with van der Waals surface area (Å²) < 4.78 is 11.7. The number of hydrogen-bond donors (Lipinski definition) is 2. The van der Waals surface area contributed by atoms with Gasteiger partial charge in [-0.1, -0.05) is 41.9 Å². The largest absolute Gasteiger partial charge is 0.369 e. The van der Waals surface area contributed by atoms with Crippen LogP contribution < -0.4 is 11.1 Å². The van der Waals surface area contributed by atoms with Gasteiger partial charge in [-0.3, -0.25) is 9.00 Å². The molecular weight excluding hydrogens is 372 g/mol. The molecule has 1 saturated carbocycles. The van der Waals surface area contributed by atoms with Crippen LogP contribution in [-0.2, 0) is 15.6 Å². The first-order chi connectivity index (χ1) is 12.5. The lowest BCUT2D eigenvalue weighted by Gasteiger charge is -2.35. The highest BCUT2D eigenvalue weighted by Crippen LogP contribution is 2.38. The molecule has 0 saturated heterocycles. The Kier molecular flexibility index (Phi) is 5.88. The molecule has 1 heterocycles. The number of aromatic nitrogens is 2. The van der Waals surface area contributed by atoms with Crippen molar-refractivity contribution in [3.05, 3.63) is 47.1 Å². The molecule has 3 rings (SSSR count). The lowest BCUT2D eigenvalue weighted by atomic mass is 9.73. The van der Waals surface area contributed by atoms with Gasteiger partial charge in [-0.15, -0.1) is 0 Å². The van der Waals surface area contributed by atoms with Crippen molar-refractivity contribution in [2.75, 3.05) is 11.6 Å². The predicted octanol–water partition coefficient (Wildman–Crippen LogP) is 2.72. The molecule has 6 nitrogen and oxygen atoms in total. The molecule has 1 amide bonds. The maximum Gasteiger partial charge on any atom is 0.224 e. The van der Waals surface area contributed by atoms with E-state index in [9.17, 15) is 9.00 Å². The molecule has 26 heavy (non-hydrogen) atoms. The predicted molar refractivity (Wildman–Crippen MR) is 103 cm³/mol. The molecule has 138 valence electrons.